The number of aromatic nitrogens is 1. The van der Waals surface area contributed by atoms with Gasteiger partial charge in [0, 0.05) is 26.0 Å². The van der Waals surface area contributed by atoms with Crippen molar-refractivity contribution in [3.8, 4) is 0 Å². The molecular weight excluding hydrogens is 194 g/mol. The molecule has 0 unspecified atom stereocenters. The topological polar surface area (TPSA) is 76.3 Å². The smallest absolute Gasteiger partial charge is 0.311 e. The molecule has 0 fully saturated rings. The fourth-order valence-electron chi connectivity index (χ4n) is 1.14. The molecular formula is C10H13N3O2. The number of hydrogen-bond acceptors (Lipinski definition) is 3. The lowest BCUT2D eigenvalue weighted by molar-refractivity contribution is -0.143. The van der Waals surface area contributed by atoms with Crippen LogP contribution in [-0.2, 0) is 16.0 Å². The van der Waals surface area contributed by atoms with E-state index < -0.39 is 11.8 Å². The highest BCUT2D eigenvalue weighted by Crippen LogP contribution is 1.98. The second kappa shape index (κ2) is 5.09. The van der Waals surface area contributed by atoms with E-state index in [9.17, 15) is 9.59 Å². The van der Waals surface area contributed by atoms with E-state index in [1.165, 1.54) is 4.90 Å². The maximum atomic E-state index is 11.1. The number of primary amides is 1. The molecule has 0 spiro atoms. The van der Waals surface area contributed by atoms with Gasteiger partial charge in [-0.25, -0.2) is 0 Å². The molecule has 1 aromatic rings. The summed E-state index contributed by atoms with van der Waals surface area (Å²) in [5.74, 6) is -1.59. The monoisotopic (exact) mass is 207 g/mol. The number of pyridine rings is 1. The summed E-state index contributed by atoms with van der Waals surface area (Å²) in [5, 5.41) is 0. The fourth-order valence-corrected chi connectivity index (χ4v) is 1.14. The van der Waals surface area contributed by atoms with Crippen LogP contribution in [0.25, 0.3) is 0 Å². The van der Waals surface area contributed by atoms with Gasteiger partial charge in [0.05, 0.1) is 0 Å². The Morgan fingerprint density at radius 1 is 1.40 bits per heavy atom. The van der Waals surface area contributed by atoms with Gasteiger partial charge in [-0.1, -0.05) is 0 Å². The first-order chi connectivity index (χ1) is 7.11. The molecule has 0 saturated heterocycles. The fraction of sp³-hybridized carbons (Fsp3) is 0.300. The zero-order valence-corrected chi connectivity index (χ0v) is 8.51. The van der Waals surface area contributed by atoms with Gasteiger partial charge in [0.25, 0.3) is 0 Å². The predicted octanol–water partition coefficient (Wildman–Crippen LogP) is -0.432. The number of carbonyl (C=O) groups excluding carboxylic acids is 2. The lowest BCUT2D eigenvalue weighted by Gasteiger charge is -2.14. The van der Waals surface area contributed by atoms with Crippen LogP contribution in [0, 0.1) is 0 Å². The summed E-state index contributed by atoms with van der Waals surface area (Å²) in [4.78, 5) is 26.9. The molecule has 0 aromatic carbocycles. The van der Waals surface area contributed by atoms with Crippen molar-refractivity contribution < 1.29 is 9.59 Å². The van der Waals surface area contributed by atoms with E-state index in [2.05, 4.69) is 4.98 Å². The summed E-state index contributed by atoms with van der Waals surface area (Å²) in [6, 6.07) is 3.73. The second-order valence-electron chi connectivity index (χ2n) is 3.20. The van der Waals surface area contributed by atoms with Gasteiger partial charge < -0.3 is 10.6 Å². The van der Waals surface area contributed by atoms with Crippen LogP contribution in [0.5, 0.6) is 0 Å². The summed E-state index contributed by atoms with van der Waals surface area (Å²) < 4.78 is 0. The van der Waals surface area contributed by atoms with E-state index in [0.717, 1.165) is 5.56 Å². The molecule has 0 atom stereocenters. The summed E-state index contributed by atoms with van der Waals surface area (Å²) in [6.07, 6.45) is 4.05. The highest BCUT2D eigenvalue weighted by Gasteiger charge is 2.13. The SMILES string of the molecule is CN(CCc1ccncc1)C(=O)C(N)=O. The molecule has 0 saturated carbocycles. The van der Waals surface area contributed by atoms with E-state index in [4.69, 9.17) is 5.73 Å². The van der Waals surface area contributed by atoms with Crippen molar-refractivity contribution >= 4 is 11.8 Å². The second-order valence-corrected chi connectivity index (χ2v) is 3.20. The van der Waals surface area contributed by atoms with Crippen LogP contribution >= 0.6 is 0 Å². The van der Waals surface area contributed by atoms with Gasteiger partial charge in [0.15, 0.2) is 0 Å². The average molecular weight is 207 g/mol. The van der Waals surface area contributed by atoms with Crippen LogP contribution in [-0.4, -0.2) is 35.3 Å². The molecule has 1 rings (SSSR count). The minimum atomic E-state index is -0.924. The Hall–Kier alpha value is -1.91. The number of carbonyl (C=O) groups is 2. The molecule has 0 radical (unpaired) electrons. The molecule has 2 amide bonds. The highest BCUT2D eigenvalue weighted by atomic mass is 16.2. The van der Waals surface area contributed by atoms with E-state index in [0.29, 0.717) is 13.0 Å². The predicted molar refractivity (Wildman–Crippen MR) is 54.8 cm³/mol. The molecule has 5 heteroatoms. The lowest BCUT2D eigenvalue weighted by Crippen LogP contribution is -2.38. The van der Waals surface area contributed by atoms with Crippen LogP contribution in [0.3, 0.4) is 0 Å². The van der Waals surface area contributed by atoms with E-state index in [1.807, 2.05) is 12.1 Å². The molecule has 1 heterocycles. The number of nitrogens with zero attached hydrogens (tertiary/aromatic N) is 2. The zero-order chi connectivity index (χ0) is 11.3. The van der Waals surface area contributed by atoms with Crippen molar-refractivity contribution in [2.24, 2.45) is 5.73 Å². The van der Waals surface area contributed by atoms with Crippen molar-refractivity contribution in [3.63, 3.8) is 0 Å². The molecule has 2 N–H and O–H groups in total. The minimum Gasteiger partial charge on any atom is -0.361 e. The molecule has 0 bridgehead atoms. The van der Waals surface area contributed by atoms with E-state index in [1.54, 1.807) is 19.4 Å². The van der Waals surface area contributed by atoms with Gasteiger partial charge in [-0.15, -0.1) is 0 Å². The Labute approximate surface area is 87.9 Å². The first-order valence-electron chi connectivity index (χ1n) is 4.55. The van der Waals surface area contributed by atoms with Gasteiger partial charge in [-0.3, -0.25) is 14.6 Å². The summed E-state index contributed by atoms with van der Waals surface area (Å²) in [6.45, 7) is 0.464. The Kier molecular flexibility index (Phi) is 3.79. The molecule has 0 aliphatic carbocycles. The number of hydrogen-bond donors (Lipinski definition) is 1. The van der Waals surface area contributed by atoms with Crippen molar-refractivity contribution in [1.29, 1.82) is 0 Å². The van der Waals surface area contributed by atoms with Crippen molar-refractivity contribution in [2.75, 3.05) is 13.6 Å². The van der Waals surface area contributed by atoms with Crippen LogP contribution in [0.2, 0.25) is 0 Å². The third-order valence-corrected chi connectivity index (χ3v) is 2.04. The largest absolute Gasteiger partial charge is 0.361 e. The number of likely N-dealkylation sites (N-methyl/N-ethyl adjacent to an activating group) is 1. The standard InChI is InChI=1S/C10H13N3O2/c1-13(10(15)9(11)14)7-4-8-2-5-12-6-3-8/h2-3,5-6H,4,7H2,1H3,(H2,11,14). The normalized spacial score (nSPS) is 9.67. The average Bonchev–Trinajstić information content (AvgIpc) is 2.26. The van der Waals surface area contributed by atoms with Gasteiger partial charge >= 0.3 is 11.8 Å². The Morgan fingerprint density at radius 3 is 2.53 bits per heavy atom. The molecule has 15 heavy (non-hydrogen) atoms. The molecule has 0 aliphatic rings. The minimum absolute atomic E-state index is 0.464. The Bertz CT molecular complexity index is 351. The lowest BCUT2D eigenvalue weighted by atomic mass is 10.2. The number of rotatable bonds is 3. The molecule has 0 aliphatic heterocycles. The van der Waals surface area contributed by atoms with Gasteiger partial charge in [-0.05, 0) is 24.1 Å². The summed E-state index contributed by atoms with van der Waals surface area (Å²) in [7, 11) is 1.55. The van der Waals surface area contributed by atoms with Crippen LogP contribution in [0.15, 0.2) is 24.5 Å². The first kappa shape index (κ1) is 11.2. The Morgan fingerprint density at radius 2 is 2.00 bits per heavy atom. The maximum Gasteiger partial charge on any atom is 0.311 e. The highest BCUT2D eigenvalue weighted by molar-refractivity contribution is 6.34. The van der Waals surface area contributed by atoms with E-state index in [-0.39, 0.29) is 0 Å². The first-order valence-corrected chi connectivity index (χ1v) is 4.55. The van der Waals surface area contributed by atoms with Crippen molar-refractivity contribution in [1.82, 2.24) is 9.88 Å². The molecule has 5 nitrogen and oxygen atoms in total. The third kappa shape index (κ3) is 3.38. The maximum absolute atomic E-state index is 11.1. The molecule has 80 valence electrons. The van der Waals surface area contributed by atoms with Gasteiger partial charge in [0.2, 0.25) is 0 Å². The van der Waals surface area contributed by atoms with Gasteiger partial charge in [-0.2, -0.15) is 0 Å². The summed E-state index contributed by atoms with van der Waals surface area (Å²) in [5.41, 5.74) is 5.93. The van der Waals surface area contributed by atoms with Crippen molar-refractivity contribution in [2.45, 2.75) is 6.42 Å². The quantitative estimate of drug-likeness (QED) is 0.683. The van der Waals surface area contributed by atoms with Crippen molar-refractivity contribution in [3.05, 3.63) is 30.1 Å². The Balaban J connectivity index is 2.44. The van der Waals surface area contributed by atoms with Crippen LogP contribution < -0.4 is 5.73 Å². The zero-order valence-electron chi connectivity index (χ0n) is 8.51. The van der Waals surface area contributed by atoms with Crippen LogP contribution in [0.4, 0.5) is 0 Å². The molecule has 1 aromatic heterocycles. The van der Waals surface area contributed by atoms with Crippen LogP contribution in [0.1, 0.15) is 5.56 Å². The summed E-state index contributed by atoms with van der Waals surface area (Å²) >= 11 is 0. The van der Waals surface area contributed by atoms with E-state index >= 15 is 0 Å². The number of nitrogens with two attached hydrogens (primary N) is 1. The number of amides is 2. The van der Waals surface area contributed by atoms with Gasteiger partial charge in [0.1, 0.15) is 0 Å². The third-order valence-electron chi connectivity index (χ3n) is 2.04.